The maximum atomic E-state index is 10.3. The molecule has 2 aliphatic rings. The standard InChI is InChI=1S/C16H12N4O.C7H5ClO2/c21-20-8-4-7-12-14(9-17-16(12)20)15-13(10-18-19-15)11-5-2-1-3-6-11;8-6-3-1-2-5(4-6)7(9)10/h1-10,21H,(H,18,19);1-4H,(H,9,10). The van der Waals surface area contributed by atoms with Crippen LogP contribution in [0.5, 0.6) is 0 Å². The number of hydrogen-bond acceptors (Lipinski definition) is 4. The van der Waals surface area contributed by atoms with Gasteiger partial charge in [0, 0.05) is 34.1 Å². The molecular formula is C23H17ClN4O3. The normalized spacial score (nSPS) is 10.5. The smallest absolute Gasteiger partial charge is 0.335 e. The fourth-order valence-corrected chi connectivity index (χ4v) is 3.36. The Labute approximate surface area is 182 Å². The van der Waals surface area contributed by atoms with E-state index in [0.717, 1.165) is 32.7 Å². The minimum absolute atomic E-state index is 0.215. The molecule has 154 valence electrons. The van der Waals surface area contributed by atoms with Crippen LogP contribution in [0, 0.1) is 0 Å². The van der Waals surface area contributed by atoms with Gasteiger partial charge in [-0.1, -0.05) is 48.0 Å². The number of carboxylic acid groups (broad SMARTS) is 1. The number of hydrogen-bond donors (Lipinski definition) is 3. The number of carboxylic acids is 1. The number of aromatic amines is 1. The van der Waals surface area contributed by atoms with Crippen molar-refractivity contribution in [2.75, 3.05) is 0 Å². The maximum Gasteiger partial charge on any atom is 0.335 e. The van der Waals surface area contributed by atoms with Crippen LogP contribution in [-0.2, 0) is 0 Å². The Bertz CT molecular complexity index is 1300. The summed E-state index contributed by atoms with van der Waals surface area (Å²) in [5, 5.41) is 25.9. The van der Waals surface area contributed by atoms with Crippen molar-refractivity contribution in [2.24, 2.45) is 0 Å². The third-order valence-electron chi connectivity index (χ3n) is 4.62. The van der Waals surface area contributed by atoms with Gasteiger partial charge >= 0.3 is 5.97 Å². The predicted octanol–water partition coefficient (Wildman–Crippen LogP) is 5.32. The molecule has 0 spiro atoms. The summed E-state index contributed by atoms with van der Waals surface area (Å²) in [6, 6.07) is 19.9. The second kappa shape index (κ2) is 8.73. The van der Waals surface area contributed by atoms with E-state index in [-0.39, 0.29) is 5.56 Å². The van der Waals surface area contributed by atoms with Crippen LogP contribution in [0.1, 0.15) is 10.4 Å². The van der Waals surface area contributed by atoms with Crippen LogP contribution in [0.2, 0.25) is 5.02 Å². The van der Waals surface area contributed by atoms with Gasteiger partial charge in [-0.25, -0.2) is 9.78 Å². The summed E-state index contributed by atoms with van der Waals surface area (Å²) >= 11 is 5.53. The van der Waals surface area contributed by atoms with Crippen molar-refractivity contribution >= 4 is 17.6 Å². The van der Waals surface area contributed by atoms with Crippen LogP contribution in [0.25, 0.3) is 33.8 Å². The highest BCUT2D eigenvalue weighted by Gasteiger charge is 2.19. The Hall–Kier alpha value is -4.10. The molecule has 0 aliphatic carbocycles. The van der Waals surface area contributed by atoms with Crippen molar-refractivity contribution in [3.63, 3.8) is 0 Å². The van der Waals surface area contributed by atoms with Crippen molar-refractivity contribution in [3.05, 3.63) is 95.9 Å². The molecule has 0 amide bonds. The summed E-state index contributed by atoms with van der Waals surface area (Å²) in [6.07, 6.45) is 5.11. The van der Waals surface area contributed by atoms with Crippen molar-refractivity contribution in [1.29, 1.82) is 0 Å². The first kappa shape index (κ1) is 20.2. The van der Waals surface area contributed by atoms with Crippen LogP contribution in [0.15, 0.2) is 85.3 Å². The second-order valence-electron chi connectivity index (χ2n) is 6.60. The van der Waals surface area contributed by atoms with Crippen LogP contribution in [-0.4, -0.2) is 36.2 Å². The van der Waals surface area contributed by atoms with E-state index < -0.39 is 5.97 Å². The zero-order valence-electron chi connectivity index (χ0n) is 16.1. The third kappa shape index (κ3) is 4.26. The lowest BCUT2D eigenvalue weighted by Crippen LogP contribution is -1.97. The summed E-state index contributed by atoms with van der Waals surface area (Å²) < 4.78 is 1.03. The van der Waals surface area contributed by atoms with E-state index in [1.165, 1.54) is 12.1 Å². The molecule has 2 aromatic carbocycles. The van der Waals surface area contributed by atoms with Crippen LogP contribution in [0.4, 0.5) is 0 Å². The van der Waals surface area contributed by atoms with Gasteiger partial charge in [-0.05, 0) is 35.9 Å². The van der Waals surface area contributed by atoms with Gasteiger partial charge < -0.3 is 10.3 Å². The van der Waals surface area contributed by atoms with E-state index in [0.29, 0.717) is 10.8 Å². The Morgan fingerprint density at radius 3 is 2.45 bits per heavy atom. The number of benzene rings is 2. The molecule has 0 saturated carbocycles. The number of aromatic carboxylic acids is 1. The molecule has 8 heteroatoms. The summed E-state index contributed by atoms with van der Waals surface area (Å²) in [6.45, 7) is 0. The quantitative estimate of drug-likeness (QED) is 0.335. The summed E-state index contributed by atoms with van der Waals surface area (Å²) in [5.41, 5.74) is 5.01. The molecule has 31 heavy (non-hydrogen) atoms. The highest BCUT2D eigenvalue weighted by atomic mass is 35.5. The lowest BCUT2D eigenvalue weighted by Gasteiger charge is -2.06. The second-order valence-corrected chi connectivity index (χ2v) is 7.04. The highest BCUT2D eigenvalue weighted by molar-refractivity contribution is 6.30. The molecule has 1 aromatic heterocycles. The highest BCUT2D eigenvalue weighted by Crippen LogP contribution is 2.37. The molecule has 2 aliphatic heterocycles. The van der Waals surface area contributed by atoms with E-state index in [2.05, 4.69) is 15.2 Å². The number of H-pyrrole nitrogens is 1. The molecule has 0 saturated heterocycles. The van der Waals surface area contributed by atoms with Crippen molar-refractivity contribution < 1.29 is 15.1 Å². The minimum atomic E-state index is -0.956. The van der Waals surface area contributed by atoms with Crippen LogP contribution < -0.4 is 0 Å². The SMILES string of the molecule is O=C(O)c1cccc(Cl)c1.On1cccc2c(-c3[nH]ncc3-c3ccccc3)cnc1-2. The summed E-state index contributed by atoms with van der Waals surface area (Å²) in [4.78, 5) is 14.6. The molecule has 3 aromatic rings. The van der Waals surface area contributed by atoms with Gasteiger partial charge in [0.2, 0.25) is 0 Å². The average Bonchev–Trinajstić information content (AvgIpc) is 3.42. The summed E-state index contributed by atoms with van der Waals surface area (Å²) in [7, 11) is 0. The van der Waals surface area contributed by atoms with Gasteiger partial charge in [0.1, 0.15) is 0 Å². The first-order valence-electron chi connectivity index (χ1n) is 9.28. The van der Waals surface area contributed by atoms with Gasteiger partial charge in [-0.2, -0.15) is 9.83 Å². The van der Waals surface area contributed by atoms with E-state index in [1.54, 1.807) is 36.8 Å². The number of halogens is 1. The van der Waals surface area contributed by atoms with Gasteiger partial charge in [0.15, 0.2) is 5.82 Å². The third-order valence-corrected chi connectivity index (χ3v) is 4.85. The van der Waals surface area contributed by atoms with Gasteiger partial charge in [0.05, 0.1) is 17.5 Å². The molecular weight excluding hydrogens is 416 g/mol. The van der Waals surface area contributed by atoms with Gasteiger partial charge in [0.25, 0.3) is 0 Å². The fourth-order valence-electron chi connectivity index (χ4n) is 3.17. The molecule has 0 radical (unpaired) electrons. The Balaban J connectivity index is 0.000000196. The molecule has 3 heterocycles. The van der Waals surface area contributed by atoms with E-state index in [1.807, 2.05) is 36.4 Å². The first-order chi connectivity index (χ1) is 15.0. The molecule has 0 unspecified atom stereocenters. The molecule has 7 nitrogen and oxygen atoms in total. The van der Waals surface area contributed by atoms with Crippen molar-refractivity contribution in [3.8, 4) is 33.8 Å². The van der Waals surface area contributed by atoms with E-state index in [9.17, 15) is 10.0 Å². The molecule has 0 bridgehead atoms. The monoisotopic (exact) mass is 432 g/mol. The van der Waals surface area contributed by atoms with Crippen molar-refractivity contribution in [2.45, 2.75) is 0 Å². The Morgan fingerprint density at radius 1 is 0.935 bits per heavy atom. The van der Waals surface area contributed by atoms with E-state index >= 15 is 0 Å². The van der Waals surface area contributed by atoms with Crippen LogP contribution >= 0.6 is 11.6 Å². The molecule has 5 rings (SSSR count). The first-order valence-corrected chi connectivity index (χ1v) is 9.65. The lowest BCUT2D eigenvalue weighted by atomic mass is 10.0. The Morgan fingerprint density at radius 2 is 1.74 bits per heavy atom. The number of nitrogens with one attached hydrogen (secondary N) is 1. The molecule has 0 fully saturated rings. The van der Waals surface area contributed by atoms with Gasteiger partial charge in [-0.3, -0.25) is 5.10 Å². The Kier molecular flexibility index (Phi) is 5.68. The zero-order chi connectivity index (χ0) is 21.8. The largest absolute Gasteiger partial charge is 0.478 e. The summed E-state index contributed by atoms with van der Waals surface area (Å²) in [5.74, 6) is -0.427. The maximum absolute atomic E-state index is 10.3. The van der Waals surface area contributed by atoms with Gasteiger partial charge in [-0.15, -0.1) is 0 Å². The lowest BCUT2D eigenvalue weighted by molar-refractivity contribution is 0.0697. The minimum Gasteiger partial charge on any atom is -0.478 e. The number of fused-ring (bicyclic) bond motifs is 1. The van der Waals surface area contributed by atoms with Crippen LogP contribution in [0.3, 0.4) is 0 Å². The topological polar surface area (TPSA) is 104 Å². The average molecular weight is 433 g/mol. The molecule has 0 atom stereocenters. The van der Waals surface area contributed by atoms with E-state index in [4.69, 9.17) is 16.7 Å². The predicted molar refractivity (Wildman–Crippen MR) is 117 cm³/mol. The number of carbonyl (C=O) groups is 1. The fraction of sp³-hybridized carbons (Fsp3) is 0. The number of pyridine rings is 1. The zero-order valence-corrected chi connectivity index (χ0v) is 16.9. The molecule has 3 N–H and O–H groups in total. The number of rotatable bonds is 3. The number of aromatic nitrogens is 4. The number of nitrogens with zero attached hydrogens (tertiary/aromatic N) is 3. The van der Waals surface area contributed by atoms with Crippen molar-refractivity contribution in [1.82, 2.24) is 19.9 Å².